The maximum atomic E-state index is 11.8. The van der Waals surface area contributed by atoms with E-state index in [9.17, 15) is 9.90 Å². The number of carbonyl (C=O) groups is 1. The molecular weight excluding hydrogens is 242 g/mol. The molecular formula is C15H17NO3. The Morgan fingerprint density at radius 1 is 1.21 bits per heavy atom. The van der Waals surface area contributed by atoms with E-state index in [1.165, 1.54) is 0 Å². The zero-order valence-corrected chi connectivity index (χ0v) is 10.6. The highest BCUT2D eigenvalue weighted by Gasteiger charge is 2.13. The van der Waals surface area contributed by atoms with Gasteiger partial charge in [-0.15, -0.1) is 0 Å². The van der Waals surface area contributed by atoms with Crippen molar-refractivity contribution in [2.24, 2.45) is 0 Å². The van der Waals surface area contributed by atoms with Crippen LogP contribution in [-0.2, 0) is 11.2 Å². The Kier molecular flexibility index (Phi) is 4.75. The lowest BCUT2D eigenvalue weighted by atomic mass is 10.1. The fraction of sp³-hybridized carbons (Fsp3) is 0.267. The van der Waals surface area contributed by atoms with Gasteiger partial charge in [0.25, 0.3) is 0 Å². The van der Waals surface area contributed by atoms with Crippen molar-refractivity contribution in [3.05, 3.63) is 60.1 Å². The van der Waals surface area contributed by atoms with E-state index in [0.29, 0.717) is 12.8 Å². The Morgan fingerprint density at radius 3 is 2.63 bits per heavy atom. The van der Waals surface area contributed by atoms with Crippen molar-refractivity contribution in [2.75, 3.05) is 6.61 Å². The summed E-state index contributed by atoms with van der Waals surface area (Å²) in [6, 6.07) is 12.7. The van der Waals surface area contributed by atoms with Crippen LogP contribution in [0, 0.1) is 0 Å². The summed E-state index contributed by atoms with van der Waals surface area (Å²) in [5.41, 5.74) is 0.899. The summed E-state index contributed by atoms with van der Waals surface area (Å²) in [6.07, 6.45) is 2.50. The van der Waals surface area contributed by atoms with Gasteiger partial charge in [0.05, 0.1) is 18.9 Å². The molecule has 4 heteroatoms. The van der Waals surface area contributed by atoms with E-state index >= 15 is 0 Å². The molecule has 0 bridgehead atoms. The summed E-state index contributed by atoms with van der Waals surface area (Å²) >= 11 is 0. The Labute approximate surface area is 112 Å². The third-order valence-corrected chi connectivity index (χ3v) is 2.90. The van der Waals surface area contributed by atoms with E-state index in [-0.39, 0.29) is 18.6 Å². The van der Waals surface area contributed by atoms with Crippen LogP contribution < -0.4 is 5.32 Å². The van der Waals surface area contributed by atoms with E-state index in [0.717, 1.165) is 11.3 Å². The highest BCUT2D eigenvalue weighted by molar-refractivity contribution is 5.76. The van der Waals surface area contributed by atoms with Gasteiger partial charge in [0, 0.05) is 12.8 Å². The van der Waals surface area contributed by atoms with Gasteiger partial charge in [-0.05, 0) is 17.7 Å². The van der Waals surface area contributed by atoms with E-state index in [2.05, 4.69) is 5.32 Å². The number of hydrogen-bond acceptors (Lipinski definition) is 3. The third-order valence-electron chi connectivity index (χ3n) is 2.90. The minimum Gasteiger partial charge on any atom is -0.469 e. The zero-order chi connectivity index (χ0) is 13.5. The minimum atomic E-state index is -0.356. The first-order valence-corrected chi connectivity index (χ1v) is 6.27. The second-order valence-electron chi connectivity index (χ2n) is 4.29. The minimum absolute atomic E-state index is 0.0979. The summed E-state index contributed by atoms with van der Waals surface area (Å²) in [4.78, 5) is 11.8. The van der Waals surface area contributed by atoms with Gasteiger partial charge < -0.3 is 14.8 Å². The van der Waals surface area contributed by atoms with Crippen LogP contribution in [0.1, 0.15) is 23.8 Å². The van der Waals surface area contributed by atoms with Gasteiger partial charge in [-0.3, -0.25) is 4.79 Å². The fourth-order valence-electron chi connectivity index (χ4n) is 1.88. The predicted octanol–water partition coefficient (Wildman–Crippen LogP) is 2.06. The third kappa shape index (κ3) is 3.96. The van der Waals surface area contributed by atoms with Crippen molar-refractivity contribution in [3.63, 3.8) is 0 Å². The summed E-state index contributed by atoms with van der Waals surface area (Å²) < 4.78 is 5.17. The first-order valence-electron chi connectivity index (χ1n) is 6.27. The van der Waals surface area contributed by atoms with Crippen LogP contribution in [0.2, 0.25) is 0 Å². The lowest BCUT2D eigenvalue weighted by molar-refractivity contribution is -0.122. The average molecular weight is 259 g/mol. The van der Waals surface area contributed by atoms with Crippen molar-refractivity contribution < 1.29 is 14.3 Å². The molecule has 0 saturated heterocycles. The number of aliphatic hydroxyl groups excluding tert-OH is 1. The number of aryl methyl sites for hydroxylation is 1. The Bertz CT molecular complexity index is 493. The summed E-state index contributed by atoms with van der Waals surface area (Å²) in [6.45, 7) is -0.115. The molecule has 1 amide bonds. The molecule has 1 heterocycles. The van der Waals surface area contributed by atoms with Crippen LogP contribution in [0.15, 0.2) is 53.1 Å². The van der Waals surface area contributed by atoms with E-state index in [4.69, 9.17) is 4.42 Å². The lowest BCUT2D eigenvalue weighted by Crippen LogP contribution is -2.30. The van der Waals surface area contributed by atoms with Crippen molar-refractivity contribution in [2.45, 2.75) is 18.9 Å². The van der Waals surface area contributed by atoms with Crippen LogP contribution in [0.3, 0.4) is 0 Å². The van der Waals surface area contributed by atoms with Crippen LogP contribution in [0.25, 0.3) is 0 Å². The fourth-order valence-corrected chi connectivity index (χ4v) is 1.88. The molecule has 2 aromatic rings. The van der Waals surface area contributed by atoms with Crippen molar-refractivity contribution in [1.29, 1.82) is 0 Å². The van der Waals surface area contributed by atoms with Crippen molar-refractivity contribution >= 4 is 5.91 Å². The number of carbonyl (C=O) groups excluding carboxylic acids is 1. The molecule has 1 aromatic heterocycles. The molecule has 1 aromatic carbocycles. The van der Waals surface area contributed by atoms with E-state index in [1.54, 1.807) is 12.3 Å². The van der Waals surface area contributed by atoms with Gasteiger partial charge in [-0.2, -0.15) is 0 Å². The maximum Gasteiger partial charge on any atom is 0.221 e. The van der Waals surface area contributed by atoms with Crippen LogP contribution >= 0.6 is 0 Å². The second-order valence-corrected chi connectivity index (χ2v) is 4.29. The standard InChI is InChI=1S/C15H17NO3/c17-11-14(12-5-2-1-3-6-12)16-15(18)9-8-13-7-4-10-19-13/h1-7,10,14,17H,8-9,11H2,(H,16,18)/t14-/m1/s1. The van der Waals surface area contributed by atoms with Crippen LogP contribution in [-0.4, -0.2) is 17.6 Å². The van der Waals surface area contributed by atoms with Gasteiger partial charge in [-0.1, -0.05) is 30.3 Å². The van der Waals surface area contributed by atoms with Gasteiger partial charge in [0.1, 0.15) is 5.76 Å². The molecule has 0 aliphatic rings. The SMILES string of the molecule is O=C(CCc1ccco1)N[C@H](CO)c1ccccc1. The molecule has 2 rings (SSSR count). The van der Waals surface area contributed by atoms with Gasteiger partial charge in [-0.25, -0.2) is 0 Å². The molecule has 1 atom stereocenters. The molecule has 0 fully saturated rings. The molecule has 100 valence electrons. The highest BCUT2D eigenvalue weighted by Crippen LogP contribution is 2.12. The first kappa shape index (κ1) is 13.4. The van der Waals surface area contributed by atoms with Crippen molar-refractivity contribution in [1.82, 2.24) is 5.32 Å². The highest BCUT2D eigenvalue weighted by atomic mass is 16.3. The summed E-state index contributed by atoms with van der Waals surface area (Å²) in [7, 11) is 0. The van der Waals surface area contributed by atoms with E-state index in [1.807, 2.05) is 36.4 Å². The van der Waals surface area contributed by atoms with Crippen LogP contribution in [0.4, 0.5) is 0 Å². The Morgan fingerprint density at radius 2 is 2.00 bits per heavy atom. The molecule has 0 aliphatic heterocycles. The average Bonchev–Trinajstić information content (AvgIpc) is 2.97. The Hall–Kier alpha value is -2.07. The first-order chi connectivity index (χ1) is 9.29. The maximum absolute atomic E-state index is 11.8. The summed E-state index contributed by atoms with van der Waals surface area (Å²) in [5, 5.41) is 12.2. The zero-order valence-electron chi connectivity index (χ0n) is 10.6. The number of aliphatic hydroxyl groups is 1. The molecule has 2 N–H and O–H groups in total. The van der Waals surface area contributed by atoms with Gasteiger partial charge in [0.2, 0.25) is 5.91 Å². The molecule has 0 spiro atoms. The summed E-state index contributed by atoms with van der Waals surface area (Å²) in [5.74, 6) is 0.690. The normalized spacial score (nSPS) is 12.1. The molecule has 19 heavy (non-hydrogen) atoms. The lowest BCUT2D eigenvalue weighted by Gasteiger charge is -2.16. The number of nitrogens with one attached hydrogen (secondary N) is 1. The van der Waals surface area contributed by atoms with Gasteiger partial charge >= 0.3 is 0 Å². The smallest absolute Gasteiger partial charge is 0.221 e. The monoisotopic (exact) mass is 259 g/mol. The van der Waals surface area contributed by atoms with E-state index < -0.39 is 0 Å². The number of rotatable bonds is 6. The largest absolute Gasteiger partial charge is 0.469 e. The Balaban J connectivity index is 1.86. The molecule has 4 nitrogen and oxygen atoms in total. The number of hydrogen-bond donors (Lipinski definition) is 2. The van der Waals surface area contributed by atoms with Crippen LogP contribution in [0.5, 0.6) is 0 Å². The van der Waals surface area contributed by atoms with Crippen molar-refractivity contribution in [3.8, 4) is 0 Å². The molecule has 0 radical (unpaired) electrons. The van der Waals surface area contributed by atoms with Gasteiger partial charge in [0.15, 0.2) is 0 Å². The molecule has 0 aliphatic carbocycles. The number of amides is 1. The molecule has 0 unspecified atom stereocenters. The second kappa shape index (κ2) is 6.75. The predicted molar refractivity (Wildman–Crippen MR) is 71.4 cm³/mol. The quantitative estimate of drug-likeness (QED) is 0.834. The topological polar surface area (TPSA) is 62.5 Å². The number of benzene rings is 1. The molecule has 0 saturated carbocycles. The number of furan rings is 1.